The highest BCUT2D eigenvalue weighted by molar-refractivity contribution is 8.00. The highest BCUT2D eigenvalue weighted by Crippen LogP contribution is 2.34. The van der Waals surface area contributed by atoms with E-state index in [1.54, 1.807) is 72.8 Å². The highest BCUT2D eigenvalue weighted by atomic mass is 32.2. The maximum Gasteiger partial charge on any atom is 0.272 e. The Kier molecular flexibility index (Phi) is 9.59. The molecule has 11 heteroatoms. The monoisotopic (exact) mass is 625 g/mol. The minimum atomic E-state index is -0.646. The van der Waals surface area contributed by atoms with Crippen LogP contribution < -0.4 is 25.0 Å². The van der Waals surface area contributed by atoms with Crippen molar-refractivity contribution in [3.8, 4) is 11.5 Å². The van der Waals surface area contributed by atoms with Gasteiger partial charge in [-0.05, 0) is 84.4 Å². The average Bonchev–Trinajstić information content (AvgIpc) is 3.33. The normalized spacial score (nSPS) is 14.7. The van der Waals surface area contributed by atoms with Crippen molar-refractivity contribution in [1.82, 2.24) is 5.32 Å². The number of hydrogen-bond donors (Lipinski definition) is 2. The summed E-state index contributed by atoms with van der Waals surface area (Å²) in [6.45, 7) is 0. The van der Waals surface area contributed by atoms with Crippen LogP contribution in [0.15, 0.2) is 108 Å². The summed E-state index contributed by atoms with van der Waals surface area (Å²) in [4.78, 5) is 53.7. The third-order valence-electron chi connectivity index (χ3n) is 6.83. The first kappa shape index (κ1) is 31.0. The van der Waals surface area contributed by atoms with E-state index < -0.39 is 22.9 Å². The molecular weight excluding hydrogens is 597 g/mol. The second-order valence-electron chi connectivity index (χ2n) is 9.83. The number of ether oxygens (including phenoxy) is 2. The molecular formula is C34H28FN3O6S. The number of halogens is 1. The molecule has 5 rings (SSSR count). The number of carbonyl (C=O) groups is 4. The molecule has 4 aromatic carbocycles. The van der Waals surface area contributed by atoms with E-state index in [4.69, 9.17) is 9.47 Å². The summed E-state index contributed by atoms with van der Waals surface area (Å²) in [5.41, 5.74) is 1.72. The van der Waals surface area contributed by atoms with Crippen molar-refractivity contribution >= 4 is 52.8 Å². The van der Waals surface area contributed by atoms with Gasteiger partial charge in [-0.15, -0.1) is 11.8 Å². The number of nitrogens with zero attached hydrogens (tertiary/aromatic N) is 1. The minimum absolute atomic E-state index is 0.00474. The zero-order chi connectivity index (χ0) is 31.9. The molecule has 1 fully saturated rings. The van der Waals surface area contributed by atoms with Crippen molar-refractivity contribution in [1.29, 1.82) is 0 Å². The van der Waals surface area contributed by atoms with Gasteiger partial charge in [-0.2, -0.15) is 0 Å². The van der Waals surface area contributed by atoms with Crippen molar-refractivity contribution in [3.63, 3.8) is 0 Å². The molecule has 1 aliphatic heterocycles. The van der Waals surface area contributed by atoms with Gasteiger partial charge in [0, 0.05) is 22.6 Å². The fraction of sp³-hybridized carbons (Fsp3) is 0.118. The molecule has 1 atom stereocenters. The number of imide groups is 1. The Morgan fingerprint density at radius 3 is 2.24 bits per heavy atom. The summed E-state index contributed by atoms with van der Waals surface area (Å²) in [6, 6.07) is 25.6. The number of carbonyl (C=O) groups excluding carboxylic acids is 4. The van der Waals surface area contributed by atoms with Crippen molar-refractivity contribution in [2.45, 2.75) is 16.6 Å². The molecule has 228 valence electrons. The molecule has 2 N–H and O–H groups in total. The zero-order valence-electron chi connectivity index (χ0n) is 24.3. The molecule has 0 saturated carbocycles. The van der Waals surface area contributed by atoms with Crippen LogP contribution in [0, 0.1) is 5.82 Å². The van der Waals surface area contributed by atoms with Crippen LogP contribution in [0.5, 0.6) is 11.5 Å². The first-order valence-corrected chi connectivity index (χ1v) is 14.6. The second kappa shape index (κ2) is 13.9. The number of nitrogens with one attached hydrogen (secondary N) is 2. The van der Waals surface area contributed by atoms with Crippen LogP contribution >= 0.6 is 11.8 Å². The van der Waals surface area contributed by atoms with Crippen LogP contribution in [0.4, 0.5) is 15.8 Å². The van der Waals surface area contributed by atoms with Crippen LogP contribution in [0.1, 0.15) is 22.3 Å². The molecule has 0 bridgehead atoms. The maximum absolute atomic E-state index is 13.4. The number of amides is 4. The Bertz CT molecular complexity index is 1760. The minimum Gasteiger partial charge on any atom is -0.493 e. The summed E-state index contributed by atoms with van der Waals surface area (Å²) in [7, 11) is 3.02. The Labute approximate surface area is 263 Å². The standard InChI is InChI=1S/C34H28FN3O6S/c1-43-28-17-8-21(19-29(28)44-2)18-27(37-32(40)22-6-4-3-5-7-22)33(41)36-24-11-15-26(16-12-24)45-30-20-31(39)38(34(30)42)25-13-9-23(35)10-14-25/h3-19,30H,20H2,1-2H3,(H,36,41)(H,37,40)/b27-18-. The lowest BCUT2D eigenvalue weighted by Gasteiger charge is -2.15. The van der Waals surface area contributed by atoms with Gasteiger partial charge < -0.3 is 20.1 Å². The van der Waals surface area contributed by atoms with Crippen LogP contribution in [0.2, 0.25) is 0 Å². The Hall–Kier alpha value is -5.42. The highest BCUT2D eigenvalue weighted by Gasteiger charge is 2.40. The average molecular weight is 626 g/mol. The smallest absolute Gasteiger partial charge is 0.272 e. The van der Waals surface area contributed by atoms with E-state index in [2.05, 4.69) is 10.6 Å². The molecule has 0 aromatic heterocycles. The van der Waals surface area contributed by atoms with Crippen molar-refractivity contribution in [3.05, 3.63) is 120 Å². The molecule has 1 aliphatic rings. The van der Waals surface area contributed by atoms with Gasteiger partial charge in [0.15, 0.2) is 11.5 Å². The van der Waals surface area contributed by atoms with Crippen LogP contribution in [0.3, 0.4) is 0 Å². The Morgan fingerprint density at radius 1 is 0.889 bits per heavy atom. The SMILES string of the molecule is COc1ccc(/C=C(\NC(=O)c2ccccc2)C(=O)Nc2ccc(SC3CC(=O)N(c4ccc(F)cc4)C3=O)cc2)cc1OC. The number of rotatable bonds is 10. The fourth-order valence-corrected chi connectivity index (χ4v) is 5.64. The summed E-state index contributed by atoms with van der Waals surface area (Å²) in [6.07, 6.45) is 1.53. The molecule has 1 unspecified atom stereocenters. The number of hydrogen-bond acceptors (Lipinski definition) is 7. The van der Waals surface area contributed by atoms with Gasteiger partial charge >= 0.3 is 0 Å². The number of benzene rings is 4. The number of thioether (sulfide) groups is 1. The lowest BCUT2D eigenvalue weighted by atomic mass is 10.1. The molecule has 0 radical (unpaired) electrons. The molecule has 4 amide bonds. The molecule has 1 heterocycles. The summed E-state index contributed by atoms with van der Waals surface area (Å²) in [5, 5.41) is 4.84. The third-order valence-corrected chi connectivity index (χ3v) is 8.03. The van der Waals surface area contributed by atoms with E-state index in [9.17, 15) is 23.6 Å². The third kappa shape index (κ3) is 7.39. The van der Waals surface area contributed by atoms with Gasteiger partial charge in [-0.3, -0.25) is 19.2 Å². The van der Waals surface area contributed by atoms with E-state index in [0.717, 1.165) is 4.90 Å². The first-order valence-electron chi connectivity index (χ1n) is 13.8. The Balaban J connectivity index is 1.30. The van der Waals surface area contributed by atoms with Gasteiger partial charge in [-0.25, -0.2) is 9.29 Å². The Morgan fingerprint density at radius 2 is 1.58 bits per heavy atom. The zero-order valence-corrected chi connectivity index (χ0v) is 25.1. The van der Waals surface area contributed by atoms with Gasteiger partial charge in [0.05, 0.1) is 25.2 Å². The number of anilines is 2. The van der Waals surface area contributed by atoms with E-state index in [1.807, 2.05) is 0 Å². The summed E-state index contributed by atoms with van der Waals surface area (Å²) in [5.74, 6) is -1.27. The fourth-order valence-electron chi connectivity index (χ4n) is 4.59. The molecule has 0 spiro atoms. The summed E-state index contributed by atoms with van der Waals surface area (Å²) < 4.78 is 24.0. The van der Waals surface area contributed by atoms with Crippen LogP contribution in [-0.4, -0.2) is 43.1 Å². The lowest BCUT2D eigenvalue weighted by Crippen LogP contribution is -2.31. The van der Waals surface area contributed by atoms with E-state index in [-0.39, 0.29) is 23.9 Å². The topological polar surface area (TPSA) is 114 Å². The summed E-state index contributed by atoms with van der Waals surface area (Å²) >= 11 is 1.22. The van der Waals surface area contributed by atoms with Gasteiger partial charge in [0.1, 0.15) is 11.5 Å². The molecule has 45 heavy (non-hydrogen) atoms. The predicted molar refractivity (Wildman–Crippen MR) is 170 cm³/mol. The number of methoxy groups -OCH3 is 2. The van der Waals surface area contributed by atoms with Crippen LogP contribution in [0.25, 0.3) is 6.08 Å². The van der Waals surface area contributed by atoms with Gasteiger partial charge in [0.2, 0.25) is 11.8 Å². The molecule has 1 saturated heterocycles. The quantitative estimate of drug-likeness (QED) is 0.172. The van der Waals surface area contributed by atoms with Gasteiger partial charge in [-0.1, -0.05) is 24.3 Å². The van der Waals surface area contributed by atoms with Crippen molar-refractivity contribution in [2.75, 3.05) is 24.4 Å². The predicted octanol–water partition coefficient (Wildman–Crippen LogP) is 5.68. The second-order valence-corrected chi connectivity index (χ2v) is 11.1. The van der Waals surface area contributed by atoms with E-state index in [0.29, 0.717) is 38.9 Å². The van der Waals surface area contributed by atoms with Crippen molar-refractivity contribution < 1.29 is 33.0 Å². The molecule has 9 nitrogen and oxygen atoms in total. The van der Waals surface area contributed by atoms with Crippen molar-refractivity contribution in [2.24, 2.45) is 0 Å². The first-order chi connectivity index (χ1) is 21.7. The van der Waals surface area contributed by atoms with E-state index >= 15 is 0 Å². The largest absolute Gasteiger partial charge is 0.493 e. The van der Waals surface area contributed by atoms with Gasteiger partial charge in [0.25, 0.3) is 11.8 Å². The maximum atomic E-state index is 13.4. The molecule has 4 aromatic rings. The molecule has 0 aliphatic carbocycles. The lowest BCUT2D eigenvalue weighted by molar-refractivity contribution is -0.121. The van der Waals surface area contributed by atoms with E-state index in [1.165, 1.54) is 56.3 Å². The van der Waals surface area contributed by atoms with Crippen LogP contribution in [-0.2, 0) is 14.4 Å².